The summed E-state index contributed by atoms with van der Waals surface area (Å²) in [5.41, 5.74) is 7.79. The summed E-state index contributed by atoms with van der Waals surface area (Å²) in [6.07, 6.45) is -1.52. The SMILES string of the molecule is CCc1cc(CC2(N)CCC(C(F)(F)F)CC2)n(C)n1. The number of nitrogens with two attached hydrogens (primary N) is 1. The molecule has 1 fully saturated rings. The van der Waals surface area contributed by atoms with Gasteiger partial charge in [0.2, 0.25) is 0 Å². The van der Waals surface area contributed by atoms with Gasteiger partial charge in [-0.15, -0.1) is 0 Å². The number of hydrogen-bond acceptors (Lipinski definition) is 2. The first-order valence-electron chi connectivity index (χ1n) is 7.11. The minimum Gasteiger partial charge on any atom is -0.325 e. The minimum absolute atomic E-state index is 0.137. The lowest BCUT2D eigenvalue weighted by Gasteiger charge is -2.37. The van der Waals surface area contributed by atoms with E-state index in [1.165, 1.54) is 0 Å². The Morgan fingerprint density at radius 2 is 2.00 bits per heavy atom. The van der Waals surface area contributed by atoms with Gasteiger partial charge in [-0.05, 0) is 38.2 Å². The molecule has 114 valence electrons. The number of aryl methyl sites for hydroxylation is 2. The Morgan fingerprint density at radius 1 is 1.40 bits per heavy atom. The van der Waals surface area contributed by atoms with E-state index in [4.69, 9.17) is 5.73 Å². The van der Waals surface area contributed by atoms with Gasteiger partial charge >= 0.3 is 6.18 Å². The van der Waals surface area contributed by atoms with Crippen molar-refractivity contribution in [2.45, 2.75) is 57.2 Å². The maximum Gasteiger partial charge on any atom is 0.391 e. The van der Waals surface area contributed by atoms with Crippen LogP contribution >= 0.6 is 0 Å². The Balaban J connectivity index is 2.01. The lowest BCUT2D eigenvalue weighted by atomic mass is 9.74. The van der Waals surface area contributed by atoms with Gasteiger partial charge in [-0.1, -0.05) is 6.92 Å². The molecule has 1 heterocycles. The van der Waals surface area contributed by atoms with E-state index >= 15 is 0 Å². The van der Waals surface area contributed by atoms with Gasteiger partial charge in [0.1, 0.15) is 0 Å². The molecule has 0 aliphatic heterocycles. The van der Waals surface area contributed by atoms with Crippen LogP contribution in [0.25, 0.3) is 0 Å². The van der Waals surface area contributed by atoms with Crippen LogP contribution in [-0.4, -0.2) is 21.5 Å². The molecule has 0 amide bonds. The Morgan fingerprint density at radius 3 is 2.45 bits per heavy atom. The summed E-state index contributed by atoms with van der Waals surface area (Å²) in [5, 5.41) is 4.36. The van der Waals surface area contributed by atoms with E-state index in [1.807, 2.05) is 20.0 Å². The van der Waals surface area contributed by atoms with Gasteiger partial charge in [-0.3, -0.25) is 4.68 Å². The van der Waals surface area contributed by atoms with Crippen LogP contribution in [0.3, 0.4) is 0 Å². The number of alkyl halides is 3. The molecule has 6 heteroatoms. The van der Waals surface area contributed by atoms with Crippen molar-refractivity contribution in [1.29, 1.82) is 0 Å². The van der Waals surface area contributed by atoms with Gasteiger partial charge in [0.05, 0.1) is 11.6 Å². The zero-order chi connectivity index (χ0) is 15.0. The lowest BCUT2D eigenvalue weighted by molar-refractivity contribution is -0.184. The molecule has 1 aromatic heterocycles. The van der Waals surface area contributed by atoms with E-state index in [9.17, 15) is 13.2 Å². The summed E-state index contributed by atoms with van der Waals surface area (Å²) >= 11 is 0. The van der Waals surface area contributed by atoms with E-state index in [1.54, 1.807) is 4.68 Å². The maximum absolute atomic E-state index is 12.7. The van der Waals surface area contributed by atoms with E-state index in [0.29, 0.717) is 19.3 Å². The summed E-state index contributed by atoms with van der Waals surface area (Å²) in [6.45, 7) is 2.03. The molecular weight excluding hydrogens is 267 g/mol. The molecule has 0 bridgehead atoms. The van der Waals surface area contributed by atoms with Crippen LogP contribution in [0.15, 0.2) is 6.07 Å². The average molecular weight is 289 g/mol. The van der Waals surface area contributed by atoms with E-state index in [2.05, 4.69) is 5.10 Å². The van der Waals surface area contributed by atoms with Crippen molar-refractivity contribution in [3.05, 3.63) is 17.5 Å². The molecule has 0 saturated heterocycles. The summed E-state index contributed by atoms with van der Waals surface area (Å²) < 4.78 is 39.8. The summed E-state index contributed by atoms with van der Waals surface area (Å²) in [5.74, 6) is -1.18. The van der Waals surface area contributed by atoms with Crippen molar-refractivity contribution in [1.82, 2.24) is 9.78 Å². The van der Waals surface area contributed by atoms with Crippen molar-refractivity contribution >= 4 is 0 Å². The number of rotatable bonds is 3. The molecule has 0 radical (unpaired) electrons. The van der Waals surface area contributed by atoms with Crippen LogP contribution < -0.4 is 5.73 Å². The average Bonchev–Trinajstić information content (AvgIpc) is 2.69. The highest BCUT2D eigenvalue weighted by molar-refractivity contribution is 5.14. The molecule has 1 aromatic rings. The predicted octanol–water partition coefficient (Wildman–Crippen LogP) is 2.98. The zero-order valence-corrected chi connectivity index (χ0v) is 12.0. The molecular formula is C14H22F3N3. The van der Waals surface area contributed by atoms with E-state index in [-0.39, 0.29) is 12.8 Å². The fourth-order valence-electron chi connectivity index (χ4n) is 2.97. The third kappa shape index (κ3) is 3.34. The molecule has 0 aromatic carbocycles. The molecule has 1 aliphatic rings. The second-order valence-electron chi connectivity index (χ2n) is 5.96. The standard InChI is InChI=1S/C14H22F3N3/c1-3-11-8-12(20(2)19-11)9-13(18)6-4-10(5-7-13)14(15,16)17/h8,10H,3-7,9,18H2,1-2H3. The molecule has 3 nitrogen and oxygen atoms in total. The number of halogens is 3. The van der Waals surface area contributed by atoms with Crippen LogP contribution in [0.5, 0.6) is 0 Å². The van der Waals surface area contributed by atoms with Crippen LogP contribution in [0, 0.1) is 5.92 Å². The first-order chi connectivity index (χ1) is 9.23. The van der Waals surface area contributed by atoms with Gasteiger partial charge in [-0.25, -0.2) is 0 Å². The lowest BCUT2D eigenvalue weighted by Crippen LogP contribution is -2.47. The summed E-state index contributed by atoms with van der Waals surface area (Å²) in [6, 6.07) is 2.00. The highest BCUT2D eigenvalue weighted by atomic mass is 19.4. The number of hydrogen-bond donors (Lipinski definition) is 1. The minimum atomic E-state index is -4.08. The summed E-state index contributed by atoms with van der Waals surface area (Å²) in [7, 11) is 1.86. The van der Waals surface area contributed by atoms with Crippen LogP contribution in [-0.2, 0) is 19.9 Å². The van der Waals surface area contributed by atoms with Crippen molar-refractivity contribution in [2.75, 3.05) is 0 Å². The number of aromatic nitrogens is 2. The maximum atomic E-state index is 12.7. The quantitative estimate of drug-likeness (QED) is 0.929. The van der Waals surface area contributed by atoms with Gasteiger partial charge in [0.25, 0.3) is 0 Å². The largest absolute Gasteiger partial charge is 0.391 e. The first kappa shape index (κ1) is 15.4. The van der Waals surface area contributed by atoms with Gasteiger partial charge in [-0.2, -0.15) is 18.3 Å². The highest BCUT2D eigenvalue weighted by Crippen LogP contribution is 2.41. The third-order valence-electron chi connectivity index (χ3n) is 4.37. The third-order valence-corrected chi connectivity index (χ3v) is 4.37. The highest BCUT2D eigenvalue weighted by Gasteiger charge is 2.44. The normalized spacial score (nSPS) is 27.8. The Bertz CT molecular complexity index is 457. The fourth-order valence-corrected chi connectivity index (χ4v) is 2.97. The Hall–Kier alpha value is -1.04. The van der Waals surface area contributed by atoms with Crippen LogP contribution in [0.1, 0.15) is 44.0 Å². The molecule has 2 N–H and O–H groups in total. The zero-order valence-electron chi connectivity index (χ0n) is 12.0. The topological polar surface area (TPSA) is 43.8 Å². The second-order valence-corrected chi connectivity index (χ2v) is 5.96. The van der Waals surface area contributed by atoms with Gasteiger partial charge in [0.15, 0.2) is 0 Å². The van der Waals surface area contributed by atoms with Crippen LogP contribution in [0.2, 0.25) is 0 Å². The van der Waals surface area contributed by atoms with Crippen molar-refractivity contribution in [2.24, 2.45) is 18.7 Å². The second kappa shape index (κ2) is 5.39. The molecule has 1 saturated carbocycles. The van der Waals surface area contributed by atoms with E-state index < -0.39 is 17.6 Å². The Labute approximate surface area is 117 Å². The molecule has 0 spiro atoms. The monoisotopic (exact) mass is 289 g/mol. The van der Waals surface area contributed by atoms with Crippen molar-refractivity contribution in [3.8, 4) is 0 Å². The predicted molar refractivity (Wildman–Crippen MR) is 71.2 cm³/mol. The molecule has 0 atom stereocenters. The van der Waals surface area contributed by atoms with Crippen LogP contribution in [0.4, 0.5) is 13.2 Å². The van der Waals surface area contributed by atoms with Gasteiger partial charge < -0.3 is 5.73 Å². The fraction of sp³-hybridized carbons (Fsp3) is 0.786. The summed E-state index contributed by atoms with van der Waals surface area (Å²) in [4.78, 5) is 0. The Kier molecular flexibility index (Phi) is 4.14. The van der Waals surface area contributed by atoms with Crippen molar-refractivity contribution in [3.63, 3.8) is 0 Å². The molecule has 1 aliphatic carbocycles. The number of nitrogens with zero attached hydrogens (tertiary/aromatic N) is 2. The molecule has 20 heavy (non-hydrogen) atoms. The van der Waals surface area contributed by atoms with Gasteiger partial charge in [0, 0.05) is 24.7 Å². The molecule has 2 rings (SSSR count). The van der Waals surface area contributed by atoms with Crippen molar-refractivity contribution < 1.29 is 13.2 Å². The van der Waals surface area contributed by atoms with E-state index in [0.717, 1.165) is 17.8 Å². The first-order valence-corrected chi connectivity index (χ1v) is 7.11. The smallest absolute Gasteiger partial charge is 0.325 e. The molecule has 0 unspecified atom stereocenters.